The van der Waals surface area contributed by atoms with Crippen LogP contribution in [0.1, 0.15) is 89.0 Å². The van der Waals surface area contributed by atoms with Crippen LogP contribution in [0.2, 0.25) is 0 Å². The second-order valence-electron chi connectivity index (χ2n) is 10.7. The summed E-state index contributed by atoms with van der Waals surface area (Å²) in [6.45, 7) is 4.08. The lowest BCUT2D eigenvalue weighted by atomic mass is 9.70. The number of nitrogens with one attached hydrogen (secondary N) is 1. The van der Waals surface area contributed by atoms with E-state index in [1.54, 1.807) is 0 Å². The lowest BCUT2D eigenvalue weighted by Crippen LogP contribution is -2.57. The van der Waals surface area contributed by atoms with E-state index in [-0.39, 0.29) is 18.7 Å². The number of rotatable bonds is 6. The molecule has 2 atom stereocenters. The summed E-state index contributed by atoms with van der Waals surface area (Å²) in [5.74, 6) is 2.16. The minimum absolute atomic E-state index is 0.131. The van der Waals surface area contributed by atoms with Gasteiger partial charge in [0.25, 0.3) is 5.91 Å². The van der Waals surface area contributed by atoms with Gasteiger partial charge in [0.1, 0.15) is 5.75 Å². The molecule has 5 heteroatoms. The first-order valence-electron chi connectivity index (χ1n) is 13.5. The van der Waals surface area contributed by atoms with E-state index in [9.17, 15) is 4.79 Å². The van der Waals surface area contributed by atoms with Crippen molar-refractivity contribution in [3.8, 4) is 5.75 Å². The summed E-state index contributed by atoms with van der Waals surface area (Å²) in [6.07, 6.45) is 17.4. The molecule has 184 valence electrons. The number of carbonyl (C=O) groups excluding carboxylic acids is 1. The van der Waals surface area contributed by atoms with Crippen LogP contribution >= 0.6 is 11.8 Å². The molecule has 1 aromatic rings. The number of aryl methyl sites for hydroxylation is 1. The van der Waals surface area contributed by atoms with Gasteiger partial charge in [-0.25, -0.2) is 0 Å². The van der Waals surface area contributed by atoms with Gasteiger partial charge in [-0.15, -0.1) is 0 Å². The molecule has 1 spiro atoms. The molecule has 4 rings (SSSR count). The van der Waals surface area contributed by atoms with Gasteiger partial charge >= 0.3 is 0 Å². The fourth-order valence-corrected chi connectivity index (χ4v) is 7.38. The molecule has 2 saturated heterocycles. The summed E-state index contributed by atoms with van der Waals surface area (Å²) in [5.41, 5.74) is 1.57. The van der Waals surface area contributed by atoms with Gasteiger partial charge in [-0.1, -0.05) is 57.1 Å². The molecule has 2 aliphatic heterocycles. The Bertz CT molecular complexity index is 739. The summed E-state index contributed by atoms with van der Waals surface area (Å²) < 4.78 is 5.96. The highest BCUT2D eigenvalue weighted by Gasteiger charge is 2.39. The standard InChI is InChI=1S/C28H44N2O2S/c1-23-11-9-12-24(19-23)32-22-27(31)30(21-25-13-10-18-33-25)26-20-28(16-17-29-26)14-7-5-3-2-4-6-8-15-28/h9,11-12,19,25-26,29H,2-8,10,13-18,20-22H2,1H3. The quantitative estimate of drug-likeness (QED) is 0.526. The molecule has 1 aromatic carbocycles. The van der Waals surface area contributed by atoms with E-state index in [0.717, 1.165) is 30.8 Å². The Kier molecular flexibility index (Phi) is 9.43. The zero-order valence-electron chi connectivity index (χ0n) is 20.7. The van der Waals surface area contributed by atoms with Crippen LogP contribution in [-0.4, -0.2) is 47.7 Å². The van der Waals surface area contributed by atoms with Crippen molar-refractivity contribution in [3.05, 3.63) is 29.8 Å². The normalized spacial score (nSPS) is 26.1. The Balaban J connectivity index is 1.44. The average Bonchev–Trinajstić information content (AvgIpc) is 3.34. The highest BCUT2D eigenvalue weighted by atomic mass is 32.2. The van der Waals surface area contributed by atoms with E-state index >= 15 is 0 Å². The van der Waals surface area contributed by atoms with Crippen LogP contribution in [0.4, 0.5) is 0 Å². The molecule has 2 heterocycles. The SMILES string of the molecule is Cc1cccc(OCC(=O)N(CC2CCCS2)C2CC3(CCCCCCCCC3)CCN2)c1. The van der Waals surface area contributed by atoms with Crippen LogP contribution < -0.4 is 10.1 Å². The van der Waals surface area contributed by atoms with Crippen molar-refractivity contribution < 1.29 is 9.53 Å². The molecule has 2 unspecified atom stereocenters. The Morgan fingerprint density at radius 1 is 1.09 bits per heavy atom. The largest absolute Gasteiger partial charge is 0.484 e. The third-order valence-electron chi connectivity index (χ3n) is 8.05. The van der Waals surface area contributed by atoms with E-state index in [1.165, 1.54) is 82.8 Å². The number of piperidine rings is 1. The highest BCUT2D eigenvalue weighted by Crippen LogP contribution is 2.43. The molecule has 33 heavy (non-hydrogen) atoms. The Labute approximate surface area is 205 Å². The lowest BCUT2D eigenvalue weighted by molar-refractivity contribution is -0.138. The van der Waals surface area contributed by atoms with Gasteiger partial charge in [-0.3, -0.25) is 10.1 Å². The fourth-order valence-electron chi connectivity index (χ4n) is 6.12. The number of amides is 1. The van der Waals surface area contributed by atoms with Crippen LogP contribution in [-0.2, 0) is 4.79 Å². The smallest absolute Gasteiger partial charge is 0.261 e. The lowest BCUT2D eigenvalue weighted by Gasteiger charge is -2.46. The van der Waals surface area contributed by atoms with Crippen molar-refractivity contribution in [2.75, 3.05) is 25.4 Å². The van der Waals surface area contributed by atoms with E-state index in [0.29, 0.717) is 10.7 Å². The highest BCUT2D eigenvalue weighted by molar-refractivity contribution is 8.00. The summed E-state index contributed by atoms with van der Waals surface area (Å²) in [4.78, 5) is 15.7. The molecule has 1 N–H and O–H groups in total. The van der Waals surface area contributed by atoms with Gasteiger partial charge in [0.2, 0.25) is 0 Å². The second kappa shape index (κ2) is 12.5. The Morgan fingerprint density at radius 3 is 2.55 bits per heavy atom. The number of nitrogens with zero attached hydrogens (tertiary/aromatic N) is 1. The van der Waals surface area contributed by atoms with Gasteiger partial charge < -0.3 is 9.64 Å². The molecule has 0 radical (unpaired) electrons. The third-order valence-corrected chi connectivity index (χ3v) is 9.43. The van der Waals surface area contributed by atoms with Gasteiger partial charge in [-0.05, 0) is 80.9 Å². The Morgan fingerprint density at radius 2 is 1.85 bits per heavy atom. The maximum atomic E-state index is 13.5. The van der Waals surface area contributed by atoms with Crippen LogP contribution in [0.25, 0.3) is 0 Å². The first-order valence-corrected chi connectivity index (χ1v) is 14.5. The Hall–Kier alpha value is -1.20. The molecule has 0 aromatic heterocycles. The molecule has 1 saturated carbocycles. The van der Waals surface area contributed by atoms with Crippen molar-refractivity contribution in [3.63, 3.8) is 0 Å². The van der Waals surface area contributed by atoms with Gasteiger partial charge in [0.15, 0.2) is 6.61 Å². The van der Waals surface area contributed by atoms with Crippen molar-refractivity contribution in [2.45, 2.75) is 102 Å². The summed E-state index contributed by atoms with van der Waals surface area (Å²) in [5, 5.41) is 4.32. The van der Waals surface area contributed by atoms with E-state index in [4.69, 9.17) is 4.74 Å². The molecule has 3 fully saturated rings. The molecule has 1 aliphatic carbocycles. The second-order valence-corrected chi connectivity index (χ2v) is 12.1. The molecule has 0 bridgehead atoms. The number of carbonyl (C=O) groups is 1. The first-order chi connectivity index (χ1) is 16.1. The molecular formula is C28H44N2O2S. The zero-order valence-corrected chi connectivity index (χ0v) is 21.5. The minimum atomic E-state index is 0.131. The maximum absolute atomic E-state index is 13.5. The molecular weight excluding hydrogens is 428 g/mol. The van der Waals surface area contributed by atoms with Gasteiger partial charge in [0.05, 0.1) is 6.17 Å². The minimum Gasteiger partial charge on any atom is -0.484 e. The predicted octanol–water partition coefficient (Wildman–Crippen LogP) is 6.32. The third kappa shape index (κ3) is 7.39. The van der Waals surface area contributed by atoms with E-state index < -0.39 is 0 Å². The monoisotopic (exact) mass is 472 g/mol. The summed E-state index contributed by atoms with van der Waals surface area (Å²) in [6, 6.07) is 8.01. The van der Waals surface area contributed by atoms with E-state index in [1.807, 2.05) is 30.0 Å². The molecule has 1 amide bonds. The van der Waals surface area contributed by atoms with Crippen molar-refractivity contribution in [1.82, 2.24) is 10.2 Å². The topological polar surface area (TPSA) is 41.6 Å². The number of hydrogen-bond acceptors (Lipinski definition) is 4. The molecule has 4 nitrogen and oxygen atoms in total. The average molecular weight is 473 g/mol. The number of hydrogen-bond donors (Lipinski definition) is 1. The number of ether oxygens (including phenoxy) is 1. The zero-order chi connectivity index (χ0) is 22.9. The van der Waals surface area contributed by atoms with Crippen molar-refractivity contribution >= 4 is 17.7 Å². The van der Waals surface area contributed by atoms with Crippen LogP contribution in [0.15, 0.2) is 24.3 Å². The summed E-state index contributed by atoms with van der Waals surface area (Å²) >= 11 is 2.04. The number of benzene rings is 1. The van der Waals surface area contributed by atoms with E-state index in [2.05, 4.69) is 23.2 Å². The van der Waals surface area contributed by atoms with Crippen molar-refractivity contribution in [2.24, 2.45) is 5.41 Å². The summed E-state index contributed by atoms with van der Waals surface area (Å²) in [7, 11) is 0. The van der Waals surface area contributed by atoms with Crippen LogP contribution in [0.5, 0.6) is 5.75 Å². The van der Waals surface area contributed by atoms with Crippen LogP contribution in [0, 0.1) is 12.3 Å². The van der Waals surface area contributed by atoms with Crippen molar-refractivity contribution in [1.29, 1.82) is 0 Å². The van der Waals surface area contributed by atoms with Crippen LogP contribution in [0.3, 0.4) is 0 Å². The maximum Gasteiger partial charge on any atom is 0.261 e. The number of thioether (sulfide) groups is 1. The van der Waals surface area contributed by atoms with Gasteiger partial charge in [0, 0.05) is 11.8 Å². The predicted molar refractivity (Wildman–Crippen MR) is 139 cm³/mol. The fraction of sp³-hybridized carbons (Fsp3) is 0.750. The van der Waals surface area contributed by atoms with Gasteiger partial charge in [-0.2, -0.15) is 11.8 Å². The molecule has 3 aliphatic rings. The first kappa shape index (κ1) is 24.9.